The second-order valence-corrected chi connectivity index (χ2v) is 5.52. The van der Waals surface area contributed by atoms with Gasteiger partial charge >= 0.3 is 0 Å². The molecule has 1 aromatic carbocycles. The van der Waals surface area contributed by atoms with Crippen molar-refractivity contribution in [3.8, 4) is 0 Å². The van der Waals surface area contributed by atoms with E-state index in [1.54, 1.807) is 31.2 Å². The third-order valence-corrected chi connectivity index (χ3v) is 3.91. The molecule has 21 heavy (non-hydrogen) atoms. The van der Waals surface area contributed by atoms with Crippen LogP contribution in [0.4, 0.5) is 11.4 Å². The molecule has 1 saturated carbocycles. The van der Waals surface area contributed by atoms with E-state index >= 15 is 0 Å². The normalized spacial score (nSPS) is 21.6. The summed E-state index contributed by atoms with van der Waals surface area (Å²) in [5, 5.41) is 5.68. The molecule has 2 rings (SSSR count). The average Bonchev–Trinajstić information content (AvgIpc) is 2.49. The predicted octanol–water partition coefficient (Wildman–Crippen LogP) is 2.49. The maximum absolute atomic E-state index is 12.2. The lowest BCUT2D eigenvalue weighted by molar-refractivity contribution is -0.121. The first-order valence-electron chi connectivity index (χ1n) is 7.56. The van der Waals surface area contributed by atoms with Gasteiger partial charge in [0.05, 0.1) is 5.92 Å². The van der Waals surface area contributed by atoms with Gasteiger partial charge in [-0.2, -0.15) is 0 Å². The van der Waals surface area contributed by atoms with Crippen LogP contribution in [0.15, 0.2) is 24.3 Å². The Morgan fingerprint density at radius 3 is 2.24 bits per heavy atom. The van der Waals surface area contributed by atoms with Crippen LogP contribution in [0.25, 0.3) is 0 Å². The van der Waals surface area contributed by atoms with Crippen LogP contribution in [0, 0.1) is 5.92 Å². The second kappa shape index (κ2) is 7.22. The third-order valence-electron chi connectivity index (χ3n) is 3.91. The predicted molar refractivity (Wildman–Crippen MR) is 83.9 cm³/mol. The van der Waals surface area contributed by atoms with Crippen LogP contribution in [-0.2, 0) is 9.59 Å². The van der Waals surface area contributed by atoms with E-state index < -0.39 is 0 Å². The second-order valence-electron chi connectivity index (χ2n) is 5.52. The van der Waals surface area contributed by atoms with Crippen LogP contribution in [0.5, 0.6) is 0 Å². The number of carbonyl (C=O) groups excluding carboxylic acids is 2. The van der Waals surface area contributed by atoms with E-state index in [-0.39, 0.29) is 23.8 Å². The molecule has 114 valence electrons. The summed E-state index contributed by atoms with van der Waals surface area (Å²) in [6.07, 6.45) is 4.39. The minimum atomic E-state index is -0.0989. The number of nitrogens with one attached hydrogen (secondary N) is 2. The first-order valence-corrected chi connectivity index (χ1v) is 7.56. The van der Waals surface area contributed by atoms with Crippen LogP contribution >= 0.6 is 0 Å². The van der Waals surface area contributed by atoms with E-state index in [0.29, 0.717) is 6.42 Å². The van der Waals surface area contributed by atoms with Gasteiger partial charge in [0, 0.05) is 23.8 Å². The maximum Gasteiger partial charge on any atom is 0.229 e. The minimum Gasteiger partial charge on any atom is -0.327 e. The standard InChI is InChI=1S/C16H23N3O2/c1-2-15(20)18-11-7-9-12(10-8-11)19-16(21)13-5-3-4-6-14(13)17/h7-10,13-14H,2-6,17H2,1H3,(H,18,20)(H,19,21). The molecule has 2 amide bonds. The minimum absolute atomic E-state index is 0.00690. The quantitative estimate of drug-likeness (QED) is 0.796. The summed E-state index contributed by atoms with van der Waals surface area (Å²) in [5.74, 6) is -0.134. The van der Waals surface area contributed by atoms with Crippen molar-refractivity contribution in [1.29, 1.82) is 0 Å². The zero-order chi connectivity index (χ0) is 15.2. The van der Waals surface area contributed by atoms with Gasteiger partial charge in [-0.25, -0.2) is 0 Å². The number of hydrogen-bond donors (Lipinski definition) is 3. The summed E-state index contributed by atoms with van der Waals surface area (Å²) in [5.41, 5.74) is 7.48. The van der Waals surface area contributed by atoms with Crippen molar-refractivity contribution in [2.45, 2.75) is 45.1 Å². The molecule has 1 aromatic rings. The van der Waals surface area contributed by atoms with Gasteiger partial charge in [0.25, 0.3) is 0 Å². The number of hydrogen-bond acceptors (Lipinski definition) is 3. The largest absolute Gasteiger partial charge is 0.327 e. The first kappa shape index (κ1) is 15.5. The van der Waals surface area contributed by atoms with Crippen LogP contribution in [0.3, 0.4) is 0 Å². The van der Waals surface area contributed by atoms with E-state index in [1.165, 1.54) is 0 Å². The molecule has 4 N–H and O–H groups in total. The maximum atomic E-state index is 12.2. The van der Waals surface area contributed by atoms with Gasteiger partial charge in [0.2, 0.25) is 11.8 Å². The molecule has 0 spiro atoms. The smallest absolute Gasteiger partial charge is 0.229 e. The molecular formula is C16H23N3O2. The molecule has 0 aliphatic heterocycles. The Balaban J connectivity index is 1.93. The third kappa shape index (κ3) is 4.29. The van der Waals surface area contributed by atoms with Crippen molar-refractivity contribution in [2.75, 3.05) is 10.6 Å². The van der Waals surface area contributed by atoms with Crippen molar-refractivity contribution in [3.05, 3.63) is 24.3 Å². The Kier molecular flexibility index (Phi) is 5.33. The fourth-order valence-electron chi connectivity index (χ4n) is 2.61. The lowest BCUT2D eigenvalue weighted by Gasteiger charge is -2.27. The Morgan fingerprint density at radius 1 is 1.10 bits per heavy atom. The van der Waals surface area contributed by atoms with Crippen LogP contribution < -0.4 is 16.4 Å². The fourth-order valence-corrected chi connectivity index (χ4v) is 2.61. The molecule has 0 heterocycles. The van der Waals surface area contributed by atoms with Crippen molar-refractivity contribution in [3.63, 3.8) is 0 Å². The van der Waals surface area contributed by atoms with Gasteiger partial charge in [-0.15, -0.1) is 0 Å². The van der Waals surface area contributed by atoms with Crippen LogP contribution in [0.1, 0.15) is 39.0 Å². The SMILES string of the molecule is CCC(=O)Nc1ccc(NC(=O)C2CCCCC2N)cc1. The van der Waals surface area contributed by atoms with Gasteiger partial charge in [0.1, 0.15) is 0 Å². The van der Waals surface area contributed by atoms with Gasteiger partial charge in [0.15, 0.2) is 0 Å². The number of carbonyl (C=O) groups is 2. The molecule has 0 saturated heterocycles. The van der Waals surface area contributed by atoms with Crippen molar-refractivity contribution < 1.29 is 9.59 Å². The molecule has 1 aliphatic rings. The zero-order valence-electron chi connectivity index (χ0n) is 12.4. The molecule has 0 aromatic heterocycles. The average molecular weight is 289 g/mol. The lowest BCUT2D eigenvalue weighted by Crippen LogP contribution is -2.40. The lowest BCUT2D eigenvalue weighted by atomic mass is 9.84. The van der Waals surface area contributed by atoms with E-state index in [9.17, 15) is 9.59 Å². The number of anilines is 2. The van der Waals surface area contributed by atoms with Gasteiger partial charge in [-0.3, -0.25) is 9.59 Å². The van der Waals surface area contributed by atoms with Gasteiger partial charge in [-0.1, -0.05) is 19.8 Å². The summed E-state index contributed by atoms with van der Waals surface area (Å²) in [6, 6.07) is 7.10. The summed E-state index contributed by atoms with van der Waals surface area (Å²) in [4.78, 5) is 23.5. The summed E-state index contributed by atoms with van der Waals surface area (Å²) >= 11 is 0. The molecule has 0 radical (unpaired) electrons. The van der Waals surface area contributed by atoms with E-state index in [4.69, 9.17) is 5.73 Å². The molecule has 1 fully saturated rings. The summed E-state index contributed by atoms with van der Waals surface area (Å²) in [6.45, 7) is 1.80. The molecule has 5 heteroatoms. The molecule has 0 bridgehead atoms. The number of benzene rings is 1. The molecule has 1 aliphatic carbocycles. The molecule has 5 nitrogen and oxygen atoms in total. The first-order chi connectivity index (χ1) is 10.1. The molecule has 2 atom stereocenters. The topological polar surface area (TPSA) is 84.2 Å². The van der Waals surface area contributed by atoms with E-state index in [0.717, 1.165) is 37.1 Å². The Bertz CT molecular complexity index is 499. The van der Waals surface area contributed by atoms with Crippen molar-refractivity contribution >= 4 is 23.2 Å². The fraction of sp³-hybridized carbons (Fsp3) is 0.500. The van der Waals surface area contributed by atoms with Crippen LogP contribution in [-0.4, -0.2) is 17.9 Å². The number of amides is 2. The van der Waals surface area contributed by atoms with Gasteiger partial charge in [-0.05, 0) is 37.1 Å². The number of rotatable bonds is 4. The highest BCUT2D eigenvalue weighted by Crippen LogP contribution is 2.24. The zero-order valence-corrected chi connectivity index (χ0v) is 12.4. The highest BCUT2D eigenvalue weighted by molar-refractivity contribution is 5.94. The monoisotopic (exact) mass is 289 g/mol. The Hall–Kier alpha value is -1.88. The Morgan fingerprint density at radius 2 is 1.67 bits per heavy atom. The highest BCUT2D eigenvalue weighted by atomic mass is 16.2. The molecular weight excluding hydrogens is 266 g/mol. The summed E-state index contributed by atoms with van der Waals surface area (Å²) < 4.78 is 0. The van der Waals surface area contributed by atoms with E-state index in [1.807, 2.05) is 0 Å². The number of nitrogens with two attached hydrogens (primary N) is 1. The Labute approximate surface area is 125 Å². The highest BCUT2D eigenvalue weighted by Gasteiger charge is 2.28. The van der Waals surface area contributed by atoms with E-state index in [2.05, 4.69) is 10.6 Å². The summed E-state index contributed by atoms with van der Waals surface area (Å²) in [7, 11) is 0. The molecule has 2 unspecified atom stereocenters. The van der Waals surface area contributed by atoms with Gasteiger partial charge < -0.3 is 16.4 Å². The van der Waals surface area contributed by atoms with Crippen molar-refractivity contribution in [2.24, 2.45) is 11.7 Å². The van der Waals surface area contributed by atoms with Crippen LogP contribution in [0.2, 0.25) is 0 Å². The van der Waals surface area contributed by atoms with Crippen molar-refractivity contribution in [1.82, 2.24) is 0 Å².